The quantitative estimate of drug-likeness (QED) is 0.433. The second-order valence-electron chi connectivity index (χ2n) is 8.26. The van der Waals surface area contributed by atoms with Crippen LogP contribution in [0.25, 0.3) is 5.52 Å². The predicted molar refractivity (Wildman–Crippen MR) is 114 cm³/mol. The summed E-state index contributed by atoms with van der Waals surface area (Å²) in [6.45, 7) is 11.3. The van der Waals surface area contributed by atoms with Gasteiger partial charge in [0.25, 0.3) is 0 Å². The van der Waals surface area contributed by atoms with Crippen molar-refractivity contribution in [2.45, 2.75) is 45.0 Å². The molecular formula is C20H25BrFN3O2Si. The van der Waals surface area contributed by atoms with E-state index in [9.17, 15) is 4.39 Å². The number of rotatable bonds is 6. The largest absolute Gasteiger partial charge is 0.479 e. The zero-order chi connectivity index (χ0) is 20.5. The standard InChI is InChI=1S/C20H25BrFN3O2Si/c1-20(2,3)28(4,5)26-13-19(16-7-6-15(22)11-23-16)27-18-10-14(21)12-25-17(18)8-9-24-25/h6-12,19H,13H2,1-5H3. The van der Waals surface area contributed by atoms with Gasteiger partial charge in [0.15, 0.2) is 14.4 Å². The summed E-state index contributed by atoms with van der Waals surface area (Å²) in [5.74, 6) is 0.273. The maximum Gasteiger partial charge on any atom is 0.192 e. The molecule has 0 amide bonds. The number of hydrogen-bond acceptors (Lipinski definition) is 4. The van der Waals surface area contributed by atoms with Gasteiger partial charge in [-0.2, -0.15) is 5.10 Å². The number of ether oxygens (including phenoxy) is 1. The summed E-state index contributed by atoms with van der Waals surface area (Å²) in [5.41, 5.74) is 1.46. The minimum atomic E-state index is -1.99. The molecule has 0 aliphatic rings. The third-order valence-corrected chi connectivity index (χ3v) is 10.1. The molecule has 0 bridgehead atoms. The van der Waals surface area contributed by atoms with Crippen LogP contribution in [0.2, 0.25) is 18.1 Å². The second-order valence-corrected chi connectivity index (χ2v) is 14.0. The number of nitrogens with zero attached hydrogens (tertiary/aromatic N) is 3. The molecule has 28 heavy (non-hydrogen) atoms. The molecule has 3 aromatic heterocycles. The molecule has 0 aliphatic carbocycles. The summed E-state index contributed by atoms with van der Waals surface area (Å²) in [4.78, 5) is 4.23. The van der Waals surface area contributed by atoms with Crippen molar-refractivity contribution in [3.8, 4) is 5.75 Å². The smallest absolute Gasteiger partial charge is 0.192 e. The highest BCUT2D eigenvalue weighted by Gasteiger charge is 2.38. The van der Waals surface area contributed by atoms with Crippen molar-refractivity contribution in [3.63, 3.8) is 0 Å². The summed E-state index contributed by atoms with van der Waals surface area (Å²) in [6.07, 6.45) is 4.31. The first-order valence-corrected chi connectivity index (χ1v) is 12.8. The molecule has 0 aliphatic heterocycles. The lowest BCUT2D eigenvalue weighted by atomic mass is 10.2. The first-order chi connectivity index (χ1) is 13.1. The highest BCUT2D eigenvalue weighted by Crippen LogP contribution is 2.38. The van der Waals surface area contributed by atoms with Gasteiger partial charge < -0.3 is 9.16 Å². The van der Waals surface area contributed by atoms with E-state index in [1.807, 2.05) is 18.3 Å². The molecule has 0 saturated heterocycles. The molecular weight excluding hydrogens is 441 g/mol. The van der Waals surface area contributed by atoms with Crippen molar-refractivity contribution >= 4 is 29.8 Å². The molecule has 1 unspecified atom stereocenters. The number of fused-ring (bicyclic) bond motifs is 1. The Balaban J connectivity index is 1.92. The van der Waals surface area contributed by atoms with Gasteiger partial charge in [-0.1, -0.05) is 20.8 Å². The molecule has 8 heteroatoms. The highest BCUT2D eigenvalue weighted by atomic mass is 79.9. The van der Waals surface area contributed by atoms with Crippen molar-refractivity contribution < 1.29 is 13.6 Å². The molecule has 0 radical (unpaired) electrons. The summed E-state index contributed by atoms with van der Waals surface area (Å²) in [7, 11) is -1.99. The van der Waals surface area contributed by atoms with E-state index in [-0.39, 0.29) is 10.9 Å². The summed E-state index contributed by atoms with van der Waals surface area (Å²) in [6, 6.07) is 6.80. The molecule has 0 N–H and O–H groups in total. The zero-order valence-corrected chi connectivity index (χ0v) is 19.3. The van der Waals surface area contributed by atoms with Gasteiger partial charge in [0.2, 0.25) is 0 Å². The van der Waals surface area contributed by atoms with E-state index in [1.54, 1.807) is 16.8 Å². The van der Waals surface area contributed by atoms with E-state index in [0.29, 0.717) is 18.1 Å². The Morgan fingerprint density at radius 1 is 1.25 bits per heavy atom. The number of hydrogen-bond donors (Lipinski definition) is 0. The SMILES string of the molecule is CC(C)(C)[Si](C)(C)OCC(Oc1cc(Br)cn2nccc12)c1ccc(F)cn1. The van der Waals surface area contributed by atoms with Gasteiger partial charge in [-0.15, -0.1) is 0 Å². The van der Waals surface area contributed by atoms with Gasteiger partial charge in [0.05, 0.1) is 24.7 Å². The molecule has 3 rings (SSSR count). The fourth-order valence-electron chi connectivity index (χ4n) is 2.47. The summed E-state index contributed by atoms with van der Waals surface area (Å²) in [5, 5.41) is 4.34. The van der Waals surface area contributed by atoms with Gasteiger partial charge >= 0.3 is 0 Å². The van der Waals surface area contributed by atoms with Crippen molar-refractivity contribution in [1.82, 2.24) is 14.6 Å². The van der Waals surface area contributed by atoms with Gasteiger partial charge in [-0.25, -0.2) is 8.91 Å². The molecule has 3 heterocycles. The molecule has 0 saturated carbocycles. The molecule has 5 nitrogen and oxygen atoms in total. The Morgan fingerprint density at radius 2 is 2.00 bits per heavy atom. The zero-order valence-electron chi connectivity index (χ0n) is 16.7. The van der Waals surface area contributed by atoms with E-state index in [4.69, 9.17) is 9.16 Å². The van der Waals surface area contributed by atoms with E-state index < -0.39 is 14.4 Å². The van der Waals surface area contributed by atoms with Gasteiger partial charge in [-0.05, 0) is 58.3 Å². The van der Waals surface area contributed by atoms with Crippen LogP contribution in [0.4, 0.5) is 4.39 Å². The van der Waals surface area contributed by atoms with Crippen LogP contribution in [0, 0.1) is 5.82 Å². The summed E-state index contributed by atoms with van der Waals surface area (Å²) < 4.78 is 28.7. The topological polar surface area (TPSA) is 48.7 Å². The third-order valence-electron chi connectivity index (χ3n) is 5.19. The van der Waals surface area contributed by atoms with Crippen LogP contribution in [-0.2, 0) is 4.43 Å². The van der Waals surface area contributed by atoms with E-state index in [1.165, 1.54) is 12.3 Å². The van der Waals surface area contributed by atoms with Crippen LogP contribution < -0.4 is 4.74 Å². The molecule has 3 aromatic rings. The lowest BCUT2D eigenvalue weighted by molar-refractivity contribution is 0.118. The lowest BCUT2D eigenvalue weighted by Crippen LogP contribution is -2.42. The minimum Gasteiger partial charge on any atom is -0.479 e. The van der Waals surface area contributed by atoms with Crippen LogP contribution in [0.1, 0.15) is 32.6 Å². The average Bonchev–Trinajstić information content (AvgIpc) is 3.06. The highest BCUT2D eigenvalue weighted by molar-refractivity contribution is 9.10. The minimum absolute atomic E-state index is 0.0717. The fourth-order valence-corrected chi connectivity index (χ4v) is 3.87. The van der Waals surface area contributed by atoms with Crippen molar-refractivity contribution in [3.05, 3.63) is 58.8 Å². The van der Waals surface area contributed by atoms with Crippen LogP contribution in [-0.4, -0.2) is 29.5 Å². The van der Waals surface area contributed by atoms with Gasteiger partial charge in [0.1, 0.15) is 17.1 Å². The van der Waals surface area contributed by atoms with E-state index >= 15 is 0 Å². The summed E-state index contributed by atoms with van der Waals surface area (Å²) >= 11 is 3.49. The van der Waals surface area contributed by atoms with Crippen LogP contribution in [0.3, 0.4) is 0 Å². The molecule has 0 fully saturated rings. The van der Waals surface area contributed by atoms with E-state index in [0.717, 1.165) is 9.99 Å². The maximum atomic E-state index is 13.4. The Labute approximate surface area is 174 Å². The molecule has 1 atom stereocenters. The number of pyridine rings is 2. The van der Waals surface area contributed by atoms with Crippen LogP contribution >= 0.6 is 15.9 Å². The normalized spacial score (nSPS) is 13.7. The molecule has 0 aromatic carbocycles. The number of aromatic nitrogens is 3. The van der Waals surface area contributed by atoms with Crippen LogP contribution in [0.5, 0.6) is 5.75 Å². The average molecular weight is 466 g/mol. The number of halogens is 2. The monoisotopic (exact) mass is 465 g/mol. The Kier molecular flexibility index (Phi) is 5.93. The second kappa shape index (κ2) is 7.92. The fraction of sp³-hybridized carbons (Fsp3) is 0.400. The lowest BCUT2D eigenvalue weighted by Gasteiger charge is -2.37. The van der Waals surface area contributed by atoms with Gasteiger partial charge in [0, 0.05) is 10.7 Å². The first-order valence-electron chi connectivity index (χ1n) is 9.12. The van der Waals surface area contributed by atoms with Crippen molar-refractivity contribution in [1.29, 1.82) is 0 Å². The Bertz CT molecular complexity index is 954. The first kappa shape index (κ1) is 20.9. The van der Waals surface area contributed by atoms with Gasteiger partial charge in [-0.3, -0.25) is 4.98 Å². The van der Waals surface area contributed by atoms with Crippen molar-refractivity contribution in [2.75, 3.05) is 6.61 Å². The van der Waals surface area contributed by atoms with E-state index in [2.05, 4.69) is 59.9 Å². The molecule has 0 spiro atoms. The Hall–Kier alpha value is -1.77. The predicted octanol–water partition coefficient (Wildman–Crippen LogP) is 5.77. The Morgan fingerprint density at radius 3 is 2.64 bits per heavy atom. The third kappa shape index (κ3) is 4.61. The van der Waals surface area contributed by atoms with Crippen molar-refractivity contribution in [2.24, 2.45) is 0 Å². The molecule has 150 valence electrons. The maximum absolute atomic E-state index is 13.4. The van der Waals surface area contributed by atoms with Crippen LogP contribution in [0.15, 0.2) is 47.3 Å².